The van der Waals surface area contributed by atoms with Crippen LogP contribution in [-0.2, 0) is 18.9 Å². The number of benzene rings is 1. The second-order valence-electron chi connectivity index (χ2n) is 6.28. The molecule has 1 aromatic carbocycles. The average molecular weight is 429 g/mol. The number of amides is 2. The molecule has 10 heteroatoms. The fourth-order valence-electron chi connectivity index (χ4n) is 2.48. The molecule has 1 fully saturated rings. The highest BCUT2D eigenvalue weighted by atomic mass is 79.9. The molecule has 1 aromatic rings. The van der Waals surface area contributed by atoms with Crippen molar-refractivity contribution >= 4 is 40.8 Å². The molecule has 140 valence electrons. The summed E-state index contributed by atoms with van der Waals surface area (Å²) in [7, 11) is -0.855. The molecule has 1 saturated heterocycles. The fraction of sp³-hybridized carbons (Fsp3) is 0.438. The number of carbonyl (C=O) groups excluding carboxylic acids is 3. The monoisotopic (exact) mass is 428 g/mol. The van der Waals surface area contributed by atoms with E-state index in [1.165, 1.54) is 12.1 Å². The van der Waals surface area contributed by atoms with Crippen molar-refractivity contribution in [3.63, 3.8) is 0 Å². The second kappa shape index (κ2) is 9.13. The Balaban J connectivity index is 1.92. The highest BCUT2D eigenvalue weighted by Gasteiger charge is 2.40. The molecule has 0 aromatic heterocycles. The van der Waals surface area contributed by atoms with Gasteiger partial charge >= 0.3 is 13.1 Å². The zero-order valence-electron chi connectivity index (χ0n) is 14.4. The fourth-order valence-corrected chi connectivity index (χ4v) is 2.84. The van der Waals surface area contributed by atoms with Crippen LogP contribution in [0.3, 0.4) is 0 Å². The first-order chi connectivity index (χ1) is 12.3. The summed E-state index contributed by atoms with van der Waals surface area (Å²) < 4.78 is 24.5. The SMILES string of the molecule is CC(C)C[C@H](NC(=O)CNC(=O)c1cc(Br)ccc1F)B1OCC(=O)O1. The number of carbonyl (C=O) groups is 3. The summed E-state index contributed by atoms with van der Waals surface area (Å²) in [4.78, 5) is 35.4. The van der Waals surface area contributed by atoms with E-state index in [0.717, 1.165) is 6.07 Å². The molecule has 0 radical (unpaired) electrons. The van der Waals surface area contributed by atoms with Crippen molar-refractivity contribution in [3.8, 4) is 0 Å². The molecule has 1 aliphatic rings. The van der Waals surface area contributed by atoms with E-state index in [9.17, 15) is 18.8 Å². The summed E-state index contributed by atoms with van der Waals surface area (Å²) >= 11 is 3.16. The van der Waals surface area contributed by atoms with Crippen LogP contribution >= 0.6 is 15.9 Å². The van der Waals surface area contributed by atoms with Gasteiger partial charge in [0.2, 0.25) is 5.91 Å². The molecule has 7 nitrogen and oxygen atoms in total. The van der Waals surface area contributed by atoms with E-state index < -0.39 is 36.7 Å². The Morgan fingerprint density at radius 1 is 1.38 bits per heavy atom. The summed E-state index contributed by atoms with van der Waals surface area (Å²) in [6.45, 7) is 3.40. The Morgan fingerprint density at radius 3 is 2.73 bits per heavy atom. The zero-order chi connectivity index (χ0) is 19.3. The Morgan fingerprint density at radius 2 is 2.12 bits per heavy atom. The third kappa shape index (κ3) is 5.81. The van der Waals surface area contributed by atoms with Gasteiger partial charge < -0.3 is 19.9 Å². The van der Waals surface area contributed by atoms with Gasteiger partial charge in [-0.15, -0.1) is 0 Å². The van der Waals surface area contributed by atoms with E-state index in [2.05, 4.69) is 26.6 Å². The minimum Gasteiger partial charge on any atom is -0.507 e. The standard InChI is InChI=1S/C16H19BBrFN2O5/c1-9(2)5-13(17-25-8-15(23)26-17)21-14(22)7-20-16(24)11-6-10(18)3-4-12(11)19/h3-4,6,9,13H,5,7-8H2,1-2H3,(H,20,24)(H,21,22)/t13-/m0/s1. The molecule has 0 saturated carbocycles. The quantitative estimate of drug-likeness (QED) is 0.641. The van der Waals surface area contributed by atoms with Crippen LogP contribution < -0.4 is 10.6 Å². The van der Waals surface area contributed by atoms with Gasteiger partial charge in [-0.2, -0.15) is 0 Å². The number of nitrogens with one attached hydrogen (secondary N) is 2. The van der Waals surface area contributed by atoms with Crippen LogP contribution in [0.25, 0.3) is 0 Å². The van der Waals surface area contributed by atoms with E-state index in [4.69, 9.17) is 9.31 Å². The molecule has 26 heavy (non-hydrogen) atoms. The first-order valence-electron chi connectivity index (χ1n) is 8.10. The molecular formula is C16H19BBrFN2O5. The Kier molecular flexibility index (Phi) is 7.16. The molecule has 0 bridgehead atoms. The summed E-state index contributed by atoms with van der Waals surface area (Å²) in [5, 5.41) is 5.05. The number of hydrogen-bond acceptors (Lipinski definition) is 5. The third-order valence-corrected chi connectivity index (χ3v) is 4.09. The first-order valence-corrected chi connectivity index (χ1v) is 8.89. The second-order valence-corrected chi connectivity index (χ2v) is 7.20. The summed E-state index contributed by atoms with van der Waals surface area (Å²) in [6.07, 6.45) is 0.526. The van der Waals surface area contributed by atoms with Crippen molar-refractivity contribution in [2.45, 2.75) is 26.2 Å². The molecular weight excluding hydrogens is 410 g/mol. The molecule has 2 rings (SSSR count). The van der Waals surface area contributed by atoms with Gasteiger partial charge in [0.05, 0.1) is 18.0 Å². The maximum Gasteiger partial charge on any atom is 0.551 e. The summed E-state index contributed by atoms with van der Waals surface area (Å²) in [6, 6.07) is 3.96. The lowest BCUT2D eigenvalue weighted by Gasteiger charge is -2.21. The van der Waals surface area contributed by atoms with Crippen LogP contribution in [0.4, 0.5) is 4.39 Å². The van der Waals surface area contributed by atoms with Crippen molar-refractivity contribution in [2.24, 2.45) is 5.92 Å². The third-order valence-electron chi connectivity index (χ3n) is 3.60. The minimum atomic E-state index is -0.855. The smallest absolute Gasteiger partial charge is 0.507 e. The largest absolute Gasteiger partial charge is 0.551 e. The van der Waals surface area contributed by atoms with Crippen molar-refractivity contribution < 1.29 is 28.1 Å². The van der Waals surface area contributed by atoms with E-state index in [1.807, 2.05) is 13.8 Å². The van der Waals surface area contributed by atoms with Gasteiger partial charge in [0, 0.05) is 4.47 Å². The average Bonchev–Trinajstić information content (AvgIpc) is 3.00. The molecule has 1 atom stereocenters. The highest BCUT2D eigenvalue weighted by Crippen LogP contribution is 2.16. The number of rotatable bonds is 7. The van der Waals surface area contributed by atoms with Crippen molar-refractivity contribution in [1.29, 1.82) is 0 Å². The van der Waals surface area contributed by atoms with Gasteiger partial charge in [-0.05, 0) is 30.5 Å². The maximum atomic E-state index is 13.7. The molecule has 1 aliphatic heterocycles. The van der Waals surface area contributed by atoms with Gasteiger partial charge in [0.25, 0.3) is 5.91 Å². The Hall–Kier alpha value is -1.94. The van der Waals surface area contributed by atoms with Crippen molar-refractivity contribution in [1.82, 2.24) is 10.6 Å². The van der Waals surface area contributed by atoms with Gasteiger partial charge in [-0.3, -0.25) is 14.4 Å². The van der Waals surface area contributed by atoms with Crippen LogP contribution in [0.1, 0.15) is 30.6 Å². The zero-order valence-corrected chi connectivity index (χ0v) is 16.0. The Labute approximate surface area is 159 Å². The van der Waals surface area contributed by atoms with Crippen LogP contribution in [0.2, 0.25) is 0 Å². The molecule has 1 heterocycles. The van der Waals surface area contributed by atoms with Gasteiger partial charge in [-0.25, -0.2) is 4.39 Å². The molecule has 0 aliphatic carbocycles. The molecule has 0 unspecified atom stereocenters. The van der Waals surface area contributed by atoms with E-state index >= 15 is 0 Å². The summed E-state index contributed by atoms with van der Waals surface area (Å²) in [5.41, 5.74) is -0.168. The van der Waals surface area contributed by atoms with Crippen molar-refractivity contribution in [3.05, 3.63) is 34.1 Å². The van der Waals surface area contributed by atoms with Gasteiger partial charge in [0.1, 0.15) is 12.4 Å². The maximum absolute atomic E-state index is 13.7. The van der Waals surface area contributed by atoms with E-state index in [0.29, 0.717) is 10.9 Å². The lowest BCUT2D eigenvalue weighted by atomic mass is 9.74. The van der Waals surface area contributed by atoms with Crippen LogP contribution in [0.5, 0.6) is 0 Å². The lowest BCUT2D eigenvalue weighted by molar-refractivity contribution is -0.132. The van der Waals surface area contributed by atoms with Crippen molar-refractivity contribution in [2.75, 3.05) is 13.2 Å². The highest BCUT2D eigenvalue weighted by molar-refractivity contribution is 9.10. The van der Waals surface area contributed by atoms with Crippen LogP contribution in [-0.4, -0.2) is 44.0 Å². The molecule has 2 amide bonds. The lowest BCUT2D eigenvalue weighted by Crippen LogP contribution is -2.50. The summed E-state index contributed by atoms with van der Waals surface area (Å²) in [5.74, 6) is -2.69. The minimum absolute atomic E-state index is 0.159. The Bertz CT molecular complexity index is 703. The molecule has 0 spiro atoms. The van der Waals surface area contributed by atoms with Crippen LogP contribution in [0, 0.1) is 11.7 Å². The van der Waals surface area contributed by atoms with Crippen LogP contribution in [0.15, 0.2) is 22.7 Å². The predicted molar refractivity (Wildman–Crippen MR) is 95.6 cm³/mol. The normalized spacial score (nSPS) is 15.0. The van der Waals surface area contributed by atoms with E-state index in [-0.39, 0.29) is 24.6 Å². The van der Waals surface area contributed by atoms with E-state index in [1.54, 1.807) is 0 Å². The first kappa shape index (κ1) is 20.4. The van der Waals surface area contributed by atoms with Gasteiger partial charge in [0.15, 0.2) is 0 Å². The topological polar surface area (TPSA) is 93.7 Å². The number of hydrogen-bond donors (Lipinski definition) is 2. The molecule has 2 N–H and O–H groups in total. The predicted octanol–water partition coefficient (Wildman–Crippen LogP) is 1.45. The van der Waals surface area contributed by atoms with Gasteiger partial charge in [-0.1, -0.05) is 29.8 Å². The number of halogens is 2.